The van der Waals surface area contributed by atoms with Gasteiger partial charge in [-0.05, 0) is 24.1 Å². The zero-order chi connectivity index (χ0) is 9.84. The van der Waals surface area contributed by atoms with Crippen LogP contribution in [0.2, 0.25) is 0 Å². The Morgan fingerprint density at radius 3 is 2.69 bits per heavy atom. The van der Waals surface area contributed by atoms with Crippen LogP contribution in [0.1, 0.15) is 29.7 Å². The third-order valence-electron chi connectivity index (χ3n) is 1.77. The fourth-order valence-electron chi connectivity index (χ4n) is 0.912. The van der Waals surface area contributed by atoms with Crippen molar-refractivity contribution in [3.8, 4) is 0 Å². The number of esters is 1. The minimum absolute atomic E-state index is 0.215. The molecule has 0 spiro atoms. The summed E-state index contributed by atoms with van der Waals surface area (Å²) in [6.07, 6.45) is 0.800. The van der Waals surface area contributed by atoms with E-state index in [1.807, 2.05) is 6.92 Å². The van der Waals surface area contributed by atoms with E-state index in [0.717, 1.165) is 12.0 Å². The van der Waals surface area contributed by atoms with E-state index in [0.29, 0.717) is 5.76 Å². The highest BCUT2D eigenvalue weighted by molar-refractivity contribution is 5.86. The molecule has 0 atom stereocenters. The minimum atomic E-state index is -0.463. The third kappa shape index (κ3) is 1.99. The molecule has 0 aliphatic carbocycles. The topological polar surface area (TPSA) is 39.4 Å². The highest BCUT2D eigenvalue weighted by atomic mass is 16.5. The summed E-state index contributed by atoms with van der Waals surface area (Å²) < 4.78 is 9.72. The molecule has 0 saturated carbocycles. The van der Waals surface area contributed by atoms with Crippen LogP contribution in [-0.4, -0.2) is 13.1 Å². The summed E-state index contributed by atoms with van der Waals surface area (Å²) in [5.74, 6) is 0.394. The van der Waals surface area contributed by atoms with Crippen molar-refractivity contribution in [2.24, 2.45) is 0 Å². The predicted octanol–water partition coefficient (Wildman–Crippen LogP) is 2.49. The lowest BCUT2D eigenvalue weighted by Gasteiger charge is -1.96. The van der Waals surface area contributed by atoms with E-state index in [9.17, 15) is 4.79 Å². The van der Waals surface area contributed by atoms with Crippen LogP contribution in [-0.2, 0) is 4.74 Å². The normalized spacial score (nSPS) is 9.69. The number of hydrogen-bond acceptors (Lipinski definition) is 3. The second-order valence-electron chi connectivity index (χ2n) is 2.61. The van der Waals surface area contributed by atoms with E-state index in [1.165, 1.54) is 7.11 Å². The average Bonchev–Trinajstić information content (AvgIpc) is 2.64. The molecule has 0 aliphatic heterocycles. The van der Waals surface area contributed by atoms with Gasteiger partial charge in [0.15, 0.2) is 0 Å². The molecule has 1 aromatic rings. The molecule has 70 valence electrons. The Bertz CT molecular complexity index is 292. The molecule has 3 nitrogen and oxygen atoms in total. The van der Waals surface area contributed by atoms with Gasteiger partial charge in [0.1, 0.15) is 5.76 Å². The van der Waals surface area contributed by atoms with E-state index in [4.69, 9.17) is 4.42 Å². The first kappa shape index (κ1) is 9.58. The van der Waals surface area contributed by atoms with Gasteiger partial charge in [-0.25, -0.2) is 4.79 Å². The standard InChI is InChI=1S/C10H12O3/c1-4-7(2)8-5-6-9(13-8)10(11)12-3/h5-6H,2,4H2,1,3H3. The van der Waals surface area contributed by atoms with Crippen LogP contribution in [0.4, 0.5) is 0 Å². The molecule has 0 aliphatic rings. The maximum atomic E-state index is 11.0. The fraction of sp³-hybridized carbons (Fsp3) is 0.300. The molecular weight excluding hydrogens is 168 g/mol. The van der Waals surface area contributed by atoms with Crippen LogP contribution in [0.3, 0.4) is 0 Å². The molecular formula is C10H12O3. The van der Waals surface area contributed by atoms with Gasteiger partial charge in [-0.3, -0.25) is 0 Å². The highest BCUT2D eigenvalue weighted by Gasteiger charge is 2.11. The van der Waals surface area contributed by atoms with Crippen molar-refractivity contribution in [2.45, 2.75) is 13.3 Å². The number of allylic oxidation sites excluding steroid dienone is 1. The van der Waals surface area contributed by atoms with E-state index < -0.39 is 5.97 Å². The Kier molecular flexibility index (Phi) is 2.90. The molecule has 13 heavy (non-hydrogen) atoms. The molecule has 0 aromatic carbocycles. The lowest BCUT2D eigenvalue weighted by atomic mass is 10.2. The molecule has 1 aromatic heterocycles. The van der Waals surface area contributed by atoms with Crippen molar-refractivity contribution < 1.29 is 13.9 Å². The molecule has 0 fully saturated rings. The number of carbonyl (C=O) groups excluding carboxylic acids is 1. The predicted molar refractivity (Wildman–Crippen MR) is 49.4 cm³/mol. The fourth-order valence-corrected chi connectivity index (χ4v) is 0.912. The zero-order valence-corrected chi connectivity index (χ0v) is 7.79. The second-order valence-corrected chi connectivity index (χ2v) is 2.61. The summed E-state index contributed by atoms with van der Waals surface area (Å²) >= 11 is 0. The molecule has 0 unspecified atom stereocenters. The molecule has 0 bridgehead atoms. The lowest BCUT2D eigenvalue weighted by molar-refractivity contribution is 0.0564. The average molecular weight is 180 g/mol. The molecule has 0 N–H and O–H groups in total. The van der Waals surface area contributed by atoms with Crippen molar-refractivity contribution >= 4 is 11.5 Å². The van der Waals surface area contributed by atoms with Gasteiger partial charge in [0, 0.05) is 0 Å². The Balaban J connectivity index is 2.86. The van der Waals surface area contributed by atoms with Crippen LogP contribution in [0, 0.1) is 0 Å². The SMILES string of the molecule is C=C(CC)c1ccc(C(=O)OC)o1. The van der Waals surface area contributed by atoms with Crippen molar-refractivity contribution in [2.75, 3.05) is 7.11 Å². The van der Waals surface area contributed by atoms with Crippen LogP contribution in [0.5, 0.6) is 0 Å². The van der Waals surface area contributed by atoms with Gasteiger partial charge in [0.05, 0.1) is 7.11 Å². The van der Waals surface area contributed by atoms with Gasteiger partial charge < -0.3 is 9.15 Å². The van der Waals surface area contributed by atoms with Gasteiger partial charge in [-0.15, -0.1) is 0 Å². The highest BCUT2D eigenvalue weighted by Crippen LogP contribution is 2.18. The summed E-state index contributed by atoms with van der Waals surface area (Å²) in [6.45, 7) is 5.77. The number of rotatable bonds is 3. The summed E-state index contributed by atoms with van der Waals surface area (Å²) in [5.41, 5.74) is 0.871. The van der Waals surface area contributed by atoms with Gasteiger partial charge in [0.2, 0.25) is 5.76 Å². The Labute approximate surface area is 77.0 Å². The van der Waals surface area contributed by atoms with Crippen molar-refractivity contribution in [3.63, 3.8) is 0 Å². The van der Waals surface area contributed by atoms with Crippen LogP contribution >= 0.6 is 0 Å². The maximum absolute atomic E-state index is 11.0. The molecule has 1 rings (SSSR count). The number of carbonyl (C=O) groups is 1. The lowest BCUT2D eigenvalue weighted by Crippen LogP contribution is -1.98. The van der Waals surface area contributed by atoms with Crippen molar-refractivity contribution in [3.05, 3.63) is 30.2 Å². The number of methoxy groups -OCH3 is 1. The Hall–Kier alpha value is -1.51. The first-order valence-electron chi connectivity index (χ1n) is 4.05. The van der Waals surface area contributed by atoms with E-state index in [1.54, 1.807) is 12.1 Å². The molecule has 1 heterocycles. The summed E-state index contributed by atoms with van der Waals surface area (Å²) in [5, 5.41) is 0. The number of furan rings is 1. The molecule has 0 radical (unpaired) electrons. The first-order chi connectivity index (χ1) is 6.19. The van der Waals surface area contributed by atoms with Crippen molar-refractivity contribution in [1.29, 1.82) is 0 Å². The van der Waals surface area contributed by atoms with Gasteiger partial charge in [-0.2, -0.15) is 0 Å². The van der Waals surface area contributed by atoms with Gasteiger partial charge in [0.25, 0.3) is 0 Å². The summed E-state index contributed by atoms with van der Waals surface area (Å²) in [7, 11) is 1.32. The van der Waals surface area contributed by atoms with E-state index in [-0.39, 0.29) is 5.76 Å². The first-order valence-corrected chi connectivity index (χ1v) is 4.05. The minimum Gasteiger partial charge on any atom is -0.463 e. The van der Waals surface area contributed by atoms with Gasteiger partial charge >= 0.3 is 5.97 Å². The quantitative estimate of drug-likeness (QED) is 0.671. The third-order valence-corrected chi connectivity index (χ3v) is 1.77. The zero-order valence-electron chi connectivity index (χ0n) is 7.79. The number of hydrogen-bond donors (Lipinski definition) is 0. The van der Waals surface area contributed by atoms with Crippen LogP contribution in [0.15, 0.2) is 23.1 Å². The monoisotopic (exact) mass is 180 g/mol. The smallest absolute Gasteiger partial charge is 0.373 e. The summed E-state index contributed by atoms with van der Waals surface area (Å²) in [4.78, 5) is 11.0. The van der Waals surface area contributed by atoms with Gasteiger partial charge in [-0.1, -0.05) is 13.5 Å². The van der Waals surface area contributed by atoms with Crippen molar-refractivity contribution in [1.82, 2.24) is 0 Å². The Morgan fingerprint density at radius 1 is 1.54 bits per heavy atom. The molecule has 3 heteroatoms. The molecule has 0 amide bonds. The van der Waals surface area contributed by atoms with E-state index >= 15 is 0 Å². The molecule has 0 saturated heterocycles. The largest absolute Gasteiger partial charge is 0.463 e. The maximum Gasteiger partial charge on any atom is 0.373 e. The van der Waals surface area contributed by atoms with Crippen LogP contribution < -0.4 is 0 Å². The Morgan fingerprint density at radius 2 is 2.15 bits per heavy atom. The number of ether oxygens (including phenoxy) is 1. The second kappa shape index (κ2) is 3.94. The van der Waals surface area contributed by atoms with Crippen LogP contribution in [0.25, 0.3) is 5.57 Å². The summed E-state index contributed by atoms with van der Waals surface area (Å²) in [6, 6.07) is 3.31. The van der Waals surface area contributed by atoms with E-state index in [2.05, 4.69) is 11.3 Å².